The Balaban J connectivity index is 1.79. The third-order valence-electron chi connectivity index (χ3n) is 4.81. The molecule has 2 aromatic carbocycles. The Morgan fingerprint density at radius 1 is 1.12 bits per heavy atom. The number of aromatic amines is 1. The molecule has 5 heteroatoms. The average molecular weight is 347 g/mol. The molecular formula is C21H21N3O2. The zero-order valence-corrected chi connectivity index (χ0v) is 14.9. The molecule has 1 aliphatic heterocycles. The molecule has 26 heavy (non-hydrogen) atoms. The second-order valence-electron chi connectivity index (χ2n) is 6.63. The molecule has 1 aliphatic rings. The van der Waals surface area contributed by atoms with Crippen molar-refractivity contribution in [3.63, 3.8) is 0 Å². The fourth-order valence-corrected chi connectivity index (χ4v) is 3.55. The van der Waals surface area contributed by atoms with Crippen molar-refractivity contribution < 1.29 is 9.53 Å². The number of carbonyl (C=O) groups is 1. The van der Waals surface area contributed by atoms with E-state index in [1.165, 1.54) is 5.56 Å². The van der Waals surface area contributed by atoms with E-state index in [1.807, 2.05) is 35.2 Å². The number of nitrogens with zero attached hydrogens (tertiary/aromatic N) is 2. The van der Waals surface area contributed by atoms with E-state index in [9.17, 15) is 4.79 Å². The van der Waals surface area contributed by atoms with Crippen LogP contribution in [0, 0.1) is 6.92 Å². The molecule has 1 amide bonds. The van der Waals surface area contributed by atoms with E-state index in [-0.39, 0.29) is 11.9 Å². The highest BCUT2D eigenvalue weighted by atomic mass is 16.5. The predicted octanol–water partition coefficient (Wildman–Crippen LogP) is 3.61. The normalized spacial score (nSPS) is 16.2. The molecule has 0 bridgehead atoms. The summed E-state index contributed by atoms with van der Waals surface area (Å²) in [6.07, 6.45) is 0. The summed E-state index contributed by atoms with van der Waals surface area (Å²) in [5, 5.41) is 7.27. The van der Waals surface area contributed by atoms with Crippen LogP contribution in [0.2, 0.25) is 0 Å². The maximum atomic E-state index is 13.1. The van der Waals surface area contributed by atoms with Gasteiger partial charge in [0.1, 0.15) is 0 Å². The second kappa shape index (κ2) is 6.77. The van der Waals surface area contributed by atoms with Gasteiger partial charge in [0.25, 0.3) is 5.91 Å². The van der Waals surface area contributed by atoms with Gasteiger partial charge in [-0.25, -0.2) is 0 Å². The summed E-state index contributed by atoms with van der Waals surface area (Å²) in [4.78, 5) is 15.0. The molecule has 4 rings (SSSR count). The molecule has 5 nitrogen and oxygen atoms in total. The van der Waals surface area contributed by atoms with Gasteiger partial charge in [0.15, 0.2) is 5.69 Å². The molecular weight excluding hydrogens is 326 g/mol. The number of amides is 1. The maximum Gasteiger partial charge on any atom is 0.275 e. The number of aromatic nitrogens is 2. The minimum atomic E-state index is -0.165. The molecule has 2 heterocycles. The van der Waals surface area contributed by atoms with Crippen molar-refractivity contribution in [1.82, 2.24) is 15.1 Å². The Morgan fingerprint density at radius 2 is 1.85 bits per heavy atom. The van der Waals surface area contributed by atoms with Crippen LogP contribution in [0.1, 0.15) is 44.5 Å². The van der Waals surface area contributed by atoms with Crippen LogP contribution in [0.15, 0.2) is 54.6 Å². The minimum Gasteiger partial charge on any atom is -0.378 e. The molecule has 0 saturated carbocycles. The Hall–Kier alpha value is -2.92. The van der Waals surface area contributed by atoms with E-state index in [1.54, 1.807) is 7.11 Å². The van der Waals surface area contributed by atoms with Crippen LogP contribution in [0.5, 0.6) is 0 Å². The number of hydrogen-bond acceptors (Lipinski definition) is 3. The van der Waals surface area contributed by atoms with Gasteiger partial charge < -0.3 is 9.64 Å². The van der Waals surface area contributed by atoms with Gasteiger partial charge in [-0.2, -0.15) is 5.10 Å². The van der Waals surface area contributed by atoms with Gasteiger partial charge in [-0.3, -0.25) is 9.89 Å². The second-order valence-corrected chi connectivity index (χ2v) is 6.63. The number of fused-ring (bicyclic) bond motifs is 1. The Labute approximate surface area is 152 Å². The molecule has 0 fully saturated rings. The number of rotatable bonds is 5. The topological polar surface area (TPSA) is 58.2 Å². The lowest BCUT2D eigenvalue weighted by molar-refractivity contribution is 0.0728. The monoisotopic (exact) mass is 347 g/mol. The van der Waals surface area contributed by atoms with Gasteiger partial charge in [0.2, 0.25) is 0 Å². The highest BCUT2D eigenvalue weighted by Gasteiger charge is 2.42. The van der Waals surface area contributed by atoms with E-state index in [4.69, 9.17) is 4.74 Å². The molecule has 1 atom stereocenters. The van der Waals surface area contributed by atoms with Crippen LogP contribution in [0.25, 0.3) is 0 Å². The van der Waals surface area contributed by atoms with E-state index >= 15 is 0 Å². The third-order valence-corrected chi connectivity index (χ3v) is 4.81. The first-order valence-electron chi connectivity index (χ1n) is 8.66. The van der Waals surface area contributed by atoms with Crippen LogP contribution in [0.3, 0.4) is 0 Å². The average Bonchev–Trinajstić information content (AvgIpc) is 3.17. The Kier molecular flexibility index (Phi) is 4.31. The summed E-state index contributed by atoms with van der Waals surface area (Å²) in [7, 11) is 1.65. The number of aryl methyl sites for hydroxylation is 1. The summed E-state index contributed by atoms with van der Waals surface area (Å²) < 4.78 is 5.30. The van der Waals surface area contributed by atoms with Gasteiger partial charge in [0.05, 0.1) is 18.3 Å². The van der Waals surface area contributed by atoms with Crippen LogP contribution < -0.4 is 0 Å². The highest BCUT2D eigenvalue weighted by molar-refractivity contribution is 5.98. The number of carbonyl (C=O) groups excluding carboxylic acids is 1. The minimum absolute atomic E-state index is 0.0481. The van der Waals surface area contributed by atoms with E-state index in [0.717, 1.165) is 22.4 Å². The standard InChI is InChI=1S/C21H21N3O2/c1-14-8-10-16(11-9-14)20-18-17(13-26-2)22-23-19(18)21(25)24(20)12-15-6-4-3-5-7-15/h3-11,20H,12-13H2,1-2H3,(H,22,23). The van der Waals surface area contributed by atoms with Crippen LogP contribution in [0.4, 0.5) is 0 Å². The van der Waals surface area contributed by atoms with Crippen LogP contribution in [-0.2, 0) is 17.9 Å². The van der Waals surface area contributed by atoms with Crippen LogP contribution >= 0.6 is 0 Å². The van der Waals surface area contributed by atoms with Gasteiger partial charge in [-0.1, -0.05) is 60.2 Å². The summed E-state index contributed by atoms with van der Waals surface area (Å²) in [6, 6.07) is 18.2. The van der Waals surface area contributed by atoms with E-state index < -0.39 is 0 Å². The van der Waals surface area contributed by atoms with Crippen LogP contribution in [-0.4, -0.2) is 28.1 Å². The maximum absolute atomic E-state index is 13.1. The lowest BCUT2D eigenvalue weighted by Gasteiger charge is -2.26. The molecule has 1 unspecified atom stereocenters. The molecule has 0 spiro atoms. The van der Waals surface area contributed by atoms with E-state index in [2.05, 4.69) is 41.4 Å². The summed E-state index contributed by atoms with van der Waals surface area (Å²) >= 11 is 0. The van der Waals surface area contributed by atoms with Gasteiger partial charge in [-0.15, -0.1) is 0 Å². The summed E-state index contributed by atoms with van der Waals surface area (Å²) in [6.45, 7) is 3.00. The molecule has 1 N–H and O–H groups in total. The molecule has 1 aromatic heterocycles. The third kappa shape index (κ3) is 2.80. The molecule has 0 saturated heterocycles. The lowest BCUT2D eigenvalue weighted by Crippen LogP contribution is -2.29. The van der Waals surface area contributed by atoms with Crippen molar-refractivity contribution in [2.75, 3.05) is 7.11 Å². The Morgan fingerprint density at radius 3 is 2.54 bits per heavy atom. The number of H-pyrrole nitrogens is 1. The van der Waals surface area contributed by atoms with Crippen molar-refractivity contribution in [1.29, 1.82) is 0 Å². The molecule has 0 radical (unpaired) electrons. The summed E-state index contributed by atoms with van der Waals surface area (Å²) in [5.41, 5.74) is 5.65. The molecule has 0 aliphatic carbocycles. The smallest absolute Gasteiger partial charge is 0.275 e. The quantitative estimate of drug-likeness (QED) is 0.767. The zero-order chi connectivity index (χ0) is 18.1. The first-order chi connectivity index (χ1) is 12.7. The predicted molar refractivity (Wildman–Crippen MR) is 98.6 cm³/mol. The van der Waals surface area contributed by atoms with Crippen molar-refractivity contribution >= 4 is 5.91 Å². The van der Waals surface area contributed by atoms with Crippen molar-refractivity contribution in [3.05, 3.63) is 88.2 Å². The molecule has 3 aromatic rings. The number of hydrogen-bond donors (Lipinski definition) is 1. The number of benzene rings is 2. The van der Waals surface area contributed by atoms with Gasteiger partial charge in [0, 0.05) is 19.2 Å². The first kappa shape index (κ1) is 16.5. The van der Waals surface area contributed by atoms with Crippen molar-refractivity contribution in [2.24, 2.45) is 0 Å². The Bertz CT molecular complexity index is 916. The highest BCUT2D eigenvalue weighted by Crippen LogP contribution is 2.40. The first-order valence-corrected chi connectivity index (χ1v) is 8.66. The van der Waals surface area contributed by atoms with E-state index in [0.29, 0.717) is 18.8 Å². The fraction of sp³-hybridized carbons (Fsp3) is 0.238. The molecule has 132 valence electrons. The number of methoxy groups -OCH3 is 1. The zero-order valence-electron chi connectivity index (χ0n) is 14.9. The summed E-state index contributed by atoms with van der Waals surface area (Å²) in [5.74, 6) is -0.0481. The SMILES string of the molecule is COCc1[nH]nc2c1C(c1ccc(C)cc1)N(Cc1ccccc1)C2=O. The largest absolute Gasteiger partial charge is 0.378 e. The number of ether oxygens (including phenoxy) is 1. The van der Waals surface area contributed by atoms with Crippen molar-refractivity contribution in [2.45, 2.75) is 26.1 Å². The van der Waals surface area contributed by atoms with Gasteiger partial charge >= 0.3 is 0 Å². The number of nitrogens with one attached hydrogen (secondary N) is 1. The fourth-order valence-electron chi connectivity index (χ4n) is 3.55. The lowest BCUT2D eigenvalue weighted by atomic mass is 9.98. The van der Waals surface area contributed by atoms with Gasteiger partial charge in [-0.05, 0) is 18.1 Å². The van der Waals surface area contributed by atoms with Crippen molar-refractivity contribution in [3.8, 4) is 0 Å².